The average molecular weight is 937 g/mol. The predicted octanol–water partition coefficient (Wildman–Crippen LogP) is 4.53. The van der Waals surface area contributed by atoms with Gasteiger partial charge in [0.05, 0.1) is 28.1 Å². The van der Waals surface area contributed by atoms with Crippen molar-refractivity contribution < 1.29 is 71.8 Å². The summed E-state index contributed by atoms with van der Waals surface area (Å²) in [4.78, 5) is 43.6. The molecule has 3 aliphatic heterocycles. The number of hydroxylamine groups is 2. The summed E-state index contributed by atoms with van der Waals surface area (Å²) in [5, 5.41) is 0.498. The molecule has 0 saturated carbocycles. The molecule has 1 fully saturated rings. The number of amides is 2. The van der Waals surface area contributed by atoms with E-state index in [2.05, 4.69) is 0 Å². The van der Waals surface area contributed by atoms with Crippen LogP contribution in [0.4, 0.5) is 11.4 Å². The number of anilines is 1. The summed E-state index contributed by atoms with van der Waals surface area (Å²) in [5.74, 6) is -2.48. The van der Waals surface area contributed by atoms with E-state index in [1.54, 1.807) is 25.3 Å². The first-order chi connectivity index (χ1) is 29.5. The molecule has 18 nitrogen and oxygen atoms in total. The summed E-state index contributed by atoms with van der Waals surface area (Å²) in [6.07, 6.45) is 8.03. The lowest BCUT2D eigenvalue weighted by molar-refractivity contribution is -0.441. The van der Waals surface area contributed by atoms with Crippen LogP contribution in [-0.4, -0.2) is 121 Å². The quantitative estimate of drug-likeness (QED) is 0.0575. The molecular formula is C42H54N3O15S3+. The molecule has 3 aliphatic rings. The number of fused-ring (bicyclic) bond motifs is 2. The Balaban J connectivity index is 1.57. The molecule has 2 aromatic rings. The zero-order valence-electron chi connectivity index (χ0n) is 36.0. The van der Waals surface area contributed by atoms with Crippen LogP contribution in [0.2, 0.25) is 0 Å². The molecule has 5 rings (SSSR count). The number of carbonyl (C=O) groups is 3. The van der Waals surface area contributed by atoms with Gasteiger partial charge in [-0.1, -0.05) is 17.7 Å². The number of hydrogen-bond donors (Lipinski definition) is 2. The van der Waals surface area contributed by atoms with Crippen molar-refractivity contribution in [2.75, 3.05) is 58.3 Å². The van der Waals surface area contributed by atoms with Gasteiger partial charge in [-0.25, -0.2) is 4.79 Å². The van der Waals surface area contributed by atoms with Crippen LogP contribution in [0.15, 0.2) is 81.8 Å². The number of carbonyl (C=O) groups excluding carboxylic acids is 3. The van der Waals surface area contributed by atoms with Gasteiger partial charge in [0.15, 0.2) is 12.3 Å². The van der Waals surface area contributed by atoms with Crippen LogP contribution in [0.1, 0.15) is 76.8 Å². The molecule has 0 spiro atoms. The molecule has 1 saturated heterocycles. The van der Waals surface area contributed by atoms with E-state index in [1.165, 1.54) is 25.3 Å². The van der Waals surface area contributed by atoms with Crippen molar-refractivity contribution in [3.8, 4) is 0 Å². The first-order valence-corrected chi connectivity index (χ1v) is 24.5. The van der Waals surface area contributed by atoms with E-state index < -0.39 is 64.7 Å². The molecule has 0 radical (unpaired) electrons. The Labute approximate surface area is 368 Å². The van der Waals surface area contributed by atoms with Gasteiger partial charge in [-0.05, 0) is 88.4 Å². The van der Waals surface area contributed by atoms with Crippen molar-refractivity contribution in [1.29, 1.82) is 0 Å². The topological polar surface area (TPSA) is 240 Å². The Morgan fingerprint density at radius 1 is 0.857 bits per heavy atom. The van der Waals surface area contributed by atoms with E-state index in [9.17, 15) is 48.7 Å². The number of hydrogen-bond acceptors (Lipinski definition) is 14. The maximum Gasteiger partial charge on any atom is 0.333 e. The fourth-order valence-corrected chi connectivity index (χ4v) is 9.95. The SMILES string of the molecule is COCC[N+]1=C(/C=C/C(C)=C/C=C2/N(CCCC(=O)ON3C(=O)CCC3=O)c3ccc(S(=O)(=O)OC)cc3C2(C)CCOC)C(C)(CCCS(=O)(=O)O)c2cc(S(=O)(=O)O)ccc21. The number of rotatable bonds is 21. The van der Waals surface area contributed by atoms with Crippen LogP contribution < -0.4 is 4.90 Å². The molecule has 21 heteroatoms. The third-order valence-electron chi connectivity index (χ3n) is 11.6. The molecule has 0 bridgehead atoms. The highest BCUT2D eigenvalue weighted by Gasteiger charge is 2.48. The number of imide groups is 1. The second-order valence-corrected chi connectivity index (χ2v) is 20.6. The Morgan fingerprint density at radius 3 is 2.13 bits per heavy atom. The van der Waals surface area contributed by atoms with Gasteiger partial charge < -0.3 is 19.2 Å². The number of benzene rings is 2. The molecule has 63 heavy (non-hydrogen) atoms. The second kappa shape index (κ2) is 19.6. The summed E-state index contributed by atoms with van der Waals surface area (Å²) in [6.45, 7) is 6.78. The maximum absolute atomic E-state index is 12.9. The Hall–Kier alpha value is -4.61. The number of allylic oxidation sites excluding steroid dienone is 6. The third kappa shape index (κ3) is 11.0. The van der Waals surface area contributed by atoms with Crippen LogP contribution >= 0.6 is 0 Å². The molecule has 3 heterocycles. The van der Waals surface area contributed by atoms with Gasteiger partial charge >= 0.3 is 5.97 Å². The van der Waals surface area contributed by atoms with Crippen LogP contribution in [0.3, 0.4) is 0 Å². The third-order valence-corrected chi connectivity index (χ3v) is 14.5. The van der Waals surface area contributed by atoms with Crippen molar-refractivity contribution in [3.05, 3.63) is 83.1 Å². The van der Waals surface area contributed by atoms with E-state index >= 15 is 0 Å². The van der Waals surface area contributed by atoms with Gasteiger partial charge in [-0.3, -0.25) is 22.9 Å². The summed E-state index contributed by atoms with van der Waals surface area (Å²) >= 11 is 0. The molecular weight excluding hydrogens is 883 g/mol. The minimum atomic E-state index is -4.60. The monoisotopic (exact) mass is 936 g/mol. The largest absolute Gasteiger partial charge is 0.385 e. The van der Waals surface area contributed by atoms with Crippen LogP contribution in [0.25, 0.3) is 0 Å². The molecule has 344 valence electrons. The van der Waals surface area contributed by atoms with Gasteiger partial charge in [0.1, 0.15) is 6.61 Å². The van der Waals surface area contributed by atoms with Gasteiger partial charge in [0, 0.05) is 81.1 Å². The fourth-order valence-electron chi connectivity index (χ4n) is 8.24. The summed E-state index contributed by atoms with van der Waals surface area (Å²) in [6, 6.07) is 8.90. The van der Waals surface area contributed by atoms with Crippen molar-refractivity contribution in [2.45, 2.75) is 86.3 Å². The molecule has 2 aromatic carbocycles. The van der Waals surface area contributed by atoms with Gasteiger partial charge in [-0.2, -0.15) is 29.8 Å². The van der Waals surface area contributed by atoms with Gasteiger partial charge in [-0.15, -0.1) is 5.06 Å². The average Bonchev–Trinajstić information content (AvgIpc) is 3.75. The molecule has 2 N–H and O–H groups in total. The summed E-state index contributed by atoms with van der Waals surface area (Å²) in [5.41, 5.74) is 2.80. The summed E-state index contributed by atoms with van der Waals surface area (Å²) < 4.78 is 111. The predicted molar refractivity (Wildman–Crippen MR) is 230 cm³/mol. The van der Waals surface area contributed by atoms with E-state index in [0.717, 1.165) is 18.4 Å². The second-order valence-electron chi connectivity index (χ2n) is 15.9. The normalized spacial score (nSPS) is 21.3. The maximum atomic E-state index is 12.9. The zero-order chi connectivity index (χ0) is 46.5. The Morgan fingerprint density at radius 2 is 1.51 bits per heavy atom. The number of nitrogens with zero attached hydrogens (tertiary/aromatic N) is 3. The Bertz CT molecular complexity index is 2590. The Kier molecular flexibility index (Phi) is 15.4. The zero-order valence-corrected chi connectivity index (χ0v) is 38.5. The highest BCUT2D eigenvalue weighted by molar-refractivity contribution is 7.86. The van der Waals surface area contributed by atoms with Crippen molar-refractivity contribution >= 4 is 65.2 Å². The van der Waals surface area contributed by atoms with Crippen molar-refractivity contribution in [1.82, 2.24) is 5.06 Å². The van der Waals surface area contributed by atoms with E-state index in [4.69, 9.17) is 18.5 Å². The highest BCUT2D eigenvalue weighted by Crippen LogP contribution is 2.51. The van der Waals surface area contributed by atoms with E-state index in [0.29, 0.717) is 52.8 Å². The van der Waals surface area contributed by atoms with Crippen molar-refractivity contribution in [3.63, 3.8) is 0 Å². The minimum absolute atomic E-state index is 0.0251. The van der Waals surface area contributed by atoms with E-state index in [1.807, 2.05) is 54.6 Å². The van der Waals surface area contributed by atoms with Crippen LogP contribution in [0.5, 0.6) is 0 Å². The highest BCUT2D eigenvalue weighted by atomic mass is 32.2. The number of methoxy groups -OCH3 is 2. The molecule has 0 aromatic heterocycles. The lowest BCUT2D eigenvalue weighted by Gasteiger charge is -2.30. The first kappa shape index (κ1) is 49.4. The van der Waals surface area contributed by atoms with Gasteiger partial charge in [0.2, 0.25) is 5.69 Å². The molecule has 2 unspecified atom stereocenters. The van der Waals surface area contributed by atoms with E-state index in [-0.39, 0.29) is 61.5 Å². The molecule has 0 aliphatic carbocycles. The fraction of sp³-hybridized carbons (Fsp3) is 0.476. The first-order valence-electron chi connectivity index (χ1n) is 20.1. The van der Waals surface area contributed by atoms with Gasteiger partial charge in [0.25, 0.3) is 42.2 Å². The van der Waals surface area contributed by atoms with Crippen LogP contribution in [0, 0.1) is 0 Å². The minimum Gasteiger partial charge on any atom is -0.385 e. The molecule has 2 atom stereocenters. The number of ether oxygens (including phenoxy) is 2. The smallest absolute Gasteiger partial charge is 0.333 e. The van der Waals surface area contributed by atoms with Crippen molar-refractivity contribution in [2.24, 2.45) is 0 Å². The lowest BCUT2D eigenvalue weighted by Crippen LogP contribution is -2.33. The van der Waals surface area contributed by atoms with Crippen LogP contribution in [-0.2, 0) is 74.1 Å². The lowest BCUT2D eigenvalue weighted by atomic mass is 9.75. The molecule has 2 amide bonds. The summed E-state index contributed by atoms with van der Waals surface area (Å²) in [7, 11) is -8.84. The standard InChI is InChI=1S/C42H53N3O15S3/c1-29(10-16-36-41(2,20-8-26-61(49,50)51)32-27-30(62(52,53)54)12-14-35(32)44(36)23-25-58-5)11-17-37-42(3,21-24-57-4)33-28-31(63(55,56)59-6)13-15-34(33)43(37)22-7-9-40(48)60-45-38(46)18-19-39(45)47/h10-17,27-28H,7-9,18-26H2,1-6H3,(H-,49,50,51,52,53,54)/p+1.